The van der Waals surface area contributed by atoms with Crippen LogP contribution in [0.2, 0.25) is 0 Å². The fourth-order valence-electron chi connectivity index (χ4n) is 4.22. The van der Waals surface area contributed by atoms with Gasteiger partial charge < -0.3 is 10.2 Å². The van der Waals surface area contributed by atoms with E-state index in [1.54, 1.807) is 0 Å². The summed E-state index contributed by atoms with van der Waals surface area (Å²) < 4.78 is 0. The van der Waals surface area contributed by atoms with E-state index in [0.29, 0.717) is 30.5 Å². The fraction of sp³-hybridized carbons (Fsp3) is 0.692. The minimum Gasteiger partial charge on any atom is -0.360 e. The summed E-state index contributed by atoms with van der Waals surface area (Å²) in [5, 5.41) is 3.18. The number of piperazine rings is 1. The van der Waals surface area contributed by atoms with E-state index in [-0.39, 0.29) is 5.91 Å². The second-order valence-electron chi connectivity index (χ2n) is 5.60. The van der Waals surface area contributed by atoms with Crippen LogP contribution in [0.5, 0.6) is 0 Å². The SMILES string of the molecule is O=C1CN2C3=CC=NCC3C3CCCC(N1)C32. The Morgan fingerprint density at radius 2 is 2.35 bits per heavy atom. The molecule has 1 amide bonds. The number of nitrogens with one attached hydrogen (secondary N) is 1. The molecule has 4 unspecified atom stereocenters. The third-order valence-electron chi connectivity index (χ3n) is 4.80. The molecule has 90 valence electrons. The van der Waals surface area contributed by atoms with Gasteiger partial charge in [0, 0.05) is 30.4 Å². The molecule has 0 aromatic rings. The number of amides is 1. The van der Waals surface area contributed by atoms with Gasteiger partial charge in [-0.1, -0.05) is 6.42 Å². The van der Waals surface area contributed by atoms with Crippen molar-refractivity contribution in [3.05, 3.63) is 11.8 Å². The minimum absolute atomic E-state index is 0.191. The van der Waals surface area contributed by atoms with Gasteiger partial charge in [-0.3, -0.25) is 9.79 Å². The molecule has 3 heterocycles. The third-order valence-corrected chi connectivity index (χ3v) is 4.80. The Morgan fingerprint density at radius 3 is 3.29 bits per heavy atom. The van der Waals surface area contributed by atoms with Crippen LogP contribution in [-0.2, 0) is 4.79 Å². The number of nitrogens with zero attached hydrogens (tertiary/aromatic N) is 2. The number of rotatable bonds is 0. The number of hydrogen-bond acceptors (Lipinski definition) is 3. The Morgan fingerprint density at radius 1 is 1.41 bits per heavy atom. The molecule has 0 bridgehead atoms. The van der Waals surface area contributed by atoms with Gasteiger partial charge in [0.15, 0.2) is 0 Å². The van der Waals surface area contributed by atoms with Gasteiger partial charge in [0.25, 0.3) is 0 Å². The van der Waals surface area contributed by atoms with E-state index in [2.05, 4.69) is 21.3 Å². The van der Waals surface area contributed by atoms with Gasteiger partial charge >= 0.3 is 0 Å². The number of hydrogen-bond donors (Lipinski definition) is 1. The van der Waals surface area contributed by atoms with Crippen molar-refractivity contribution in [3.63, 3.8) is 0 Å². The first kappa shape index (κ1) is 9.68. The lowest BCUT2D eigenvalue weighted by atomic mass is 9.76. The molecule has 3 fully saturated rings. The number of allylic oxidation sites excluding steroid dienone is 1. The van der Waals surface area contributed by atoms with Crippen LogP contribution in [-0.4, -0.2) is 42.2 Å². The molecule has 4 atom stereocenters. The summed E-state index contributed by atoms with van der Waals surface area (Å²) in [5.74, 6) is 1.47. The van der Waals surface area contributed by atoms with Gasteiger partial charge in [0.2, 0.25) is 5.91 Å². The summed E-state index contributed by atoms with van der Waals surface area (Å²) in [6, 6.07) is 0.918. The normalized spacial score (nSPS) is 42.7. The lowest BCUT2D eigenvalue weighted by molar-refractivity contribution is -0.127. The van der Waals surface area contributed by atoms with Crippen LogP contribution in [0.1, 0.15) is 19.3 Å². The van der Waals surface area contributed by atoms with Gasteiger partial charge in [0.1, 0.15) is 0 Å². The van der Waals surface area contributed by atoms with Crippen LogP contribution in [0.25, 0.3) is 0 Å². The van der Waals surface area contributed by atoms with Crippen LogP contribution in [0.4, 0.5) is 0 Å². The lowest BCUT2D eigenvalue weighted by Gasteiger charge is -2.43. The molecule has 1 N–H and O–H groups in total. The van der Waals surface area contributed by atoms with Crippen LogP contribution in [0, 0.1) is 11.8 Å². The molecule has 4 aliphatic rings. The van der Waals surface area contributed by atoms with Crippen molar-refractivity contribution in [1.82, 2.24) is 10.2 Å². The monoisotopic (exact) mass is 231 g/mol. The van der Waals surface area contributed by atoms with Crippen LogP contribution >= 0.6 is 0 Å². The number of carbonyl (C=O) groups excluding carboxylic acids is 1. The number of carbonyl (C=O) groups is 1. The van der Waals surface area contributed by atoms with E-state index in [0.717, 1.165) is 13.0 Å². The van der Waals surface area contributed by atoms with Crippen molar-refractivity contribution in [2.75, 3.05) is 13.1 Å². The highest BCUT2D eigenvalue weighted by Crippen LogP contribution is 2.47. The molecule has 1 aliphatic carbocycles. The average molecular weight is 231 g/mol. The first-order valence-electron chi connectivity index (χ1n) is 6.60. The molecule has 4 heteroatoms. The number of fused-ring (bicyclic) bond motifs is 3. The highest BCUT2D eigenvalue weighted by Gasteiger charge is 2.52. The molecule has 0 aromatic carbocycles. The molecule has 1 saturated carbocycles. The molecular formula is C13H17N3O. The predicted octanol–water partition coefficient (Wildman–Crippen LogP) is 0.554. The minimum atomic E-state index is 0.191. The maximum absolute atomic E-state index is 11.8. The Bertz CT molecular complexity index is 428. The van der Waals surface area contributed by atoms with Crippen molar-refractivity contribution in [2.24, 2.45) is 16.8 Å². The molecule has 0 spiro atoms. The standard InChI is InChI=1S/C13H17N3O/c17-12-7-16-11-4-5-14-6-9(11)8-2-1-3-10(15-12)13(8)16/h4-5,8-10,13H,1-3,6-7H2,(H,15,17). The van der Waals surface area contributed by atoms with Gasteiger partial charge in [0.05, 0.1) is 12.6 Å². The number of dihydropyridines is 1. The molecule has 2 saturated heterocycles. The second-order valence-corrected chi connectivity index (χ2v) is 5.60. The van der Waals surface area contributed by atoms with E-state index in [1.807, 2.05) is 6.21 Å². The Hall–Kier alpha value is -1.32. The van der Waals surface area contributed by atoms with E-state index in [4.69, 9.17) is 0 Å². The van der Waals surface area contributed by atoms with E-state index >= 15 is 0 Å². The van der Waals surface area contributed by atoms with Gasteiger partial charge in [-0.15, -0.1) is 0 Å². The smallest absolute Gasteiger partial charge is 0.239 e. The summed E-state index contributed by atoms with van der Waals surface area (Å²) in [6.45, 7) is 1.47. The van der Waals surface area contributed by atoms with Crippen LogP contribution in [0.3, 0.4) is 0 Å². The summed E-state index contributed by atoms with van der Waals surface area (Å²) in [5.41, 5.74) is 1.37. The van der Waals surface area contributed by atoms with Gasteiger partial charge in [-0.05, 0) is 24.8 Å². The van der Waals surface area contributed by atoms with Crippen molar-refractivity contribution >= 4 is 12.1 Å². The topological polar surface area (TPSA) is 44.7 Å². The predicted molar refractivity (Wildman–Crippen MR) is 64.7 cm³/mol. The zero-order valence-corrected chi connectivity index (χ0v) is 9.80. The molecular weight excluding hydrogens is 214 g/mol. The van der Waals surface area contributed by atoms with Crippen molar-refractivity contribution in [3.8, 4) is 0 Å². The van der Waals surface area contributed by atoms with Gasteiger partial charge in [-0.25, -0.2) is 0 Å². The van der Waals surface area contributed by atoms with Crippen molar-refractivity contribution in [2.45, 2.75) is 31.3 Å². The maximum atomic E-state index is 11.8. The summed E-state index contributed by atoms with van der Waals surface area (Å²) in [6.07, 6.45) is 7.72. The largest absolute Gasteiger partial charge is 0.360 e. The molecule has 17 heavy (non-hydrogen) atoms. The first-order valence-corrected chi connectivity index (χ1v) is 6.60. The summed E-state index contributed by atoms with van der Waals surface area (Å²) in [4.78, 5) is 18.5. The zero-order chi connectivity index (χ0) is 11.4. The number of aliphatic imine (C=N–C) groups is 1. The summed E-state index contributed by atoms with van der Waals surface area (Å²) >= 11 is 0. The second kappa shape index (κ2) is 3.34. The zero-order valence-electron chi connectivity index (χ0n) is 9.80. The molecule has 0 aromatic heterocycles. The molecule has 3 aliphatic heterocycles. The Labute approximate surface area is 101 Å². The average Bonchev–Trinajstić information content (AvgIpc) is 2.67. The maximum Gasteiger partial charge on any atom is 0.239 e. The van der Waals surface area contributed by atoms with Gasteiger partial charge in [-0.2, -0.15) is 0 Å². The fourth-order valence-corrected chi connectivity index (χ4v) is 4.22. The van der Waals surface area contributed by atoms with E-state index in [9.17, 15) is 4.79 Å². The highest BCUT2D eigenvalue weighted by molar-refractivity contribution is 5.81. The molecule has 4 nitrogen and oxygen atoms in total. The Balaban J connectivity index is 1.77. The quantitative estimate of drug-likeness (QED) is 0.662. The third kappa shape index (κ3) is 1.24. The van der Waals surface area contributed by atoms with Crippen molar-refractivity contribution < 1.29 is 4.79 Å². The summed E-state index contributed by atoms with van der Waals surface area (Å²) in [7, 11) is 0. The van der Waals surface area contributed by atoms with E-state index < -0.39 is 0 Å². The molecule has 0 radical (unpaired) electrons. The Kier molecular flexibility index (Phi) is 1.90. The van der Waals surface area contributed by atoms with Crippen LogP contribution in [0.15, 0.2) is 16.8 Å². The molecule has 4 rings (SSSR count). The van der Waals surface area contributed by atoms with Crippen molar-refractivity contribution in [1.29, 1.82) is 0 Å². The van der Waals surface area contributed by atoms with E-state index in [1.165, 1.54) is 18.5 Å². The first-order chi connectivity index (χ1) is 8.34. The lowest BCUT2D eigenvalue weighted by Crippen LogP contribution is -2.60. The van der Waals surface area contributed by atoms with Crippen LogP contribution < -0.4 is 5.32 Å². The highest BCUT2D eigenvalue weighted by atomic mass is 16.2.